The van der Waals surface area contributed by atoms with Gasteiger partial charge in [-0.05, 0) is 18.6 Å². The van der Waals surface area contributed by atoms with Crippen molar-refractivity contribution in [2.24, 2.45) is 5.73 Å². The van der Waals surface area contributed by atoms with Gasteiger partial charge in [0.1, 0.15) is 12.4 Å². The van der Waals surface area contributed by atoms with Gasteiger partial charge in [0, 0.05) is 7.05 Å². The monoisotopic (exact) mass is 250 g/mol. The van der Waals surface area contributed by atoms with Crippen molar-refractivity contribution in [3.63, 3.8) is 0 Å². The SMILES string of the molecule is CCC[C@@H](N)C(=O)N(C)CCOc1ccccc1. The lowest BCUT2D eigenvalue weighted by atomic mass is 10.1. The summed E-state index contributed by atoms with van der Waals surface area (Å²) in [4.78, 5) is 13.4. The number of para-hydroxylation sites is 1. The zero-order valence-electron chi connectivity index (χ0n) is 11.1. The minimum absolute atomic E-state index is 0.0199. The number of benzene rings is 1. The Morgan fingerprint density at radius 3 is 2.67 bits per heavy atom. The summed E-state index contributed by atoms with van der Waals surface area (Å²) in [7, 11) is 1.76. The predicted molar refractivity (Wildman–Crippen MR) is 72.5 cm³/mol. The molecule has 4 nitrogen and oxygen atoms in total. The number of carbonyl (C=O) groups excluding carboxylic acids is 1. The van der Waals surface area contributed by atoms with Crippen molar-refractivity contribution in [3.05, 3.63) is 30.3 Å². The first-order chi connectivity index (χ1) is 8.65. The van der Waals surface area contributed by atoms with Crippen molar-refractivity contribution in [3.8, 4) is 5.75 Å². The van der Waals surface area contributed by atoms with Gasteiger partial charge in [0.15, 0.2) is 0 Å². The lowest BCUT2D eigenvalue weighted by molar-refractivity contribution is -0.131. The zero-order valence-corrected chi connectivity index (χ0v) is 11.1. The van der Waals surface area contributed by atoms with Gasteiger partial charge in [0.25, 0.3) is 0 Å². The maximum absolute atomic E-state index is 11.8. The molecule has 1 amide bonds. The molecule has 0 aliphatic rings. The molecule has 0 radical (unpaired) electrons. The molecule has 1 rings (SSSR count). The number of ether oxygens (including phenoxy) is 1. The molecule has 0 fully saturated rings. The molecular weight excluding hydrogens is 228 g/mol. The second kappa shape index (κ2) is 7.71. The summed E-state index contributed by atoms with van der Waals surface area (Å²) < 4.78 is 5.53. The lowest BCUT2D eigenvalue weighted by Gasteiger charge is -2.21. The highest BCUT2D eigenvalue weighted by molar-refractivity contribution is 5.81. The Labute approximate surface area is 109 Å². The highest BCUT2D eigenvalue weighted by Crippen LogP contribution is 2.08. The summed E-state index contributed by atoms with van der Waals surface area (Å²) in [5.74, 6) is 0.796. The molecule has 18 heavy (non-hydrogen) atoms. The van der Waals surface area contributed by atoms with Crippen LogP contribution in [0.15, 0.2) is 30.3 Å². The van der Waals surface area contributed by atoms with Crippen molar-refractivity contribution >= 4 is 5.91 Å². The maximum Gasteiger partial charge on any atom is 0.239 e. The predicted octanol–water partition coefficient (Wildman–Crippen LogP) is 1.65. The molecule has 100 valence electrons. The topological polar surface area (TPSA) is 55.6 Å². The van der Waals surface area contributed by atoms with Crippen LogP contribution in [0.5, 0.6) is 5.75 Å². The van der Waals surface area contributed by atoms with Crippen LogP contribution in [-0.4, -0.2) is 37.0 Å². The Balaban J connectivity index is 2.28. The number of likely N-dealkylation sites (N-methyl/N-ethyl adjacent to an activating group) is 1. The van der Waals surface area contributed by atoms with E-state index in [1.54, 1.807) is 11.9 Å². The van der Waals surface area contributed by atoms with Crippen molar-refractivity contribution in [2.45, 2.75) is 25.8 Å². The van der Waals surface area contributed by atoms with E-state index in [1.807, 2.05) is 37.3 Å². The van der Waals surface area contributed by atoms with Gasteiger partial charge in [0.2, 0.25) is 5.91 Å². The van der Waals surface area contributed by atoms with E-state index in [4.69, 9.17) is 10.5 Å². The largest absolute Gasteiger partial charge is 0.492 e. The van der Waals surface area contributed by atoms with Crippen molar-refractivity contribution < 1.29 is 9.53 Å². The number of amides is 1. The van der Waals surface area contributed by atoms with E-state index >= 15 is 0 Å². The molecule has 1 atom stereocenters. The zero-order chi connectivity index (χ0) is 13.4. The fraction of sp³-hybridized carbons (Fsp3) is 0.500. The number of carbonyl (C=O) groups is 1. The summed E-state index contributed by atoms with van der Waals surface area (Å²) in [5, 5.41) is 0. The summed E-state index contributed by atoms with van der Waals surface area (Å²) >= 11 is 0. The highest BCUT2D eigenvalue weighted by Gasteiger charge is 2.16. The molecule has 0 aliphatic carbocycles. The third-order valence-corrected chi connectivity index (χ3v) is 2.73. The van der Waals surface area contributed by atoms with Gasteiger partial charge in [-0.15, -0.1) is 0 Å². The number of rotatable bonds is 7. The van der Waals surface area contributed by atoms with Crippen LogP contribution in [0.4, 0.5) is 0 Å². The van der Waals surface area contributed by atoms with Gasteiger partial charge in [-0.25, -0.2) is 0 Å². The first kappa shape index (κ1) is 14.5. The molecule has 0 saturated heterocycles. The van der Waals surface area contributed by atoms with E-state index in [1.165, 1.54) is 0 Å². The molecule has 0 aromatic heterocycles. The molecule has 0 bridgehead atoms. The summed E-state index contributed by atoms with van der Waals surface area (Å²) in [6, 6.07) is 9.17. The van der Waals surface area contributed by atoms with Gasteiger partial charge in [-0.3, -0.25) is 4.79 Å². The second-order valence-electron chi connectivity index (χ2n) is 4.32. The molecule has 1 aromatic rings. The quantitative estimate of drug-likeness (QED) is 0.800. The second-order valence-corrected chi connectivity index (χ2v) is 4.32. The van der Waals surface area contributed by atoms with Gasteiger partial charge < -0.3 is 15.4 Å². The summed E-state index contributed by atoms with van der Waals surface area (Å²) in [6.45, 7) is 3.04. The molecule has 1 aromatic carbocycles. The van der Waals surface area contributed by atoms with Gasteiger partial charge >= 0.3 is 0 Å². The smallest absolute Gasteiger partial charge is 0.239 e. The number of nitrogens with two attached hydrogens (primary N) is 1. The van der Waals surface area contributed by atoms with Crippen LogP contribution in [0.1, 0.15) is 19.8 Å². The summed E-state index contributed by atoms with van der Waals surface area (Å²) in [6.07, 6.45) is 1.64. The van der Waals surface area contributed by atoms with Gasteiger partial charge in [-0.1, -0.05) is 31.5 Å². The van der Waals surface area contributed by atoms with Crippen molar-refractivity contribution in [1.29, 1.82) is 0 Å². The standard InChI is InChI=1S/C14H22N2O2/c1-3-7-13(15)14(17)16(2)10-11-18-12-8-5-4-6-9-12/h4-6,8-9,13H,3,7,10-11,15H2,1-2H3/t13-/m1/s1. The molecule has 0 heterocycles. The van der Waals surface area contributed by atoms with E-state index in [2.05, 4.69) is 0 Å². The van der Waals surface area contributed by atoms with E-state index < -0.39 is 6.04 Å². The Morgan fingerprint density at radius 2 is 2.06 bits per heavy atom. The van der Waals surface area contributed by atoms with Crippen LogP contribution >= 0.6 is 0 Å². The summed E-state index contributed by atoms with van der Waals surface area (Å²) in [5.41, 5.74) is 5.78. The normalized spacial score (nSPS) is 11.9. The average molecular weight is 250 g/mol. The molecule has 0 saturated carbocycles. The van der Waals surface area contributed by atoms with E-state index in [9.17, 15) is 4.79 Å². The molecule has 0 aliphatic heterocycles. The van der Waals surface area contributed by atoms with Crippen LogP contribution in [-0.2, 0) is 4.79 Å². The third-order valence-electron chi connectivity index (χ3n) is 2.73. The Hall–Kier alpha value is -1.55. The van der Waals surface area contributed by atoms with E-state index in [0.717, 1.165) is 18.6 Å². The van der Waals surface area contributed by atoms with Crippen LogP contribution in [0.2, 0.25) is 0 Å². The third kappa shape index (κ3) is 4.75. The number of nitrogens with zero attached hydrogens (tertiary/aromatic N) is 1. The van der Waals surface area contributed by atoms with E-state index in [-0.39, 0.29) is 5.91 Å². The van der Waals surface area contributed by atoms with E-state index in [0.29, 0.717) is 13.2 Å². The van der Waals surface area contributed by atoms with Crippen LogP contribution in [0.25, 0.3) is 0 Å². The van der Waals surface area contributed by atoms with Gasteiger partial charge in [-0.2, -0.15) is 0 Å². The van der Waals surface area contributed by atoms with Crippen LogP contribution in [0, 0.1) is 0 Å². The minimum Gasteiger partial charge on any atom is -0.492 e. The lowest BCUT2D eigenvalue weighted by Crippen LogP contribution is -2.43. The minimum atomic E-state index is -0.392. The Bertz CT molecular complexity index is 354. The van der Waals surface area contributed by atoms with Crippen molar-refractivity contribution in [1.82, 2.24) is 4.90 Å². The highest BCUT2D eigenvalue weighted by atomic mass is 16.5. The van der Waals surface area contributed by atoms with Crippen LogP contribution < -0.4 is 10.5 Å². The Kier molecular flexibility index (Phi) is 6.22. The first-order valence-electron chi connectivity index (χ1n) is 6.33. The van der Waals surface area contributed by atoms with Gasteiger partial charge in [0.05, 0.1) is 12.6 Å². The van der Waals surface area contributed by atoms with Crippen LogP contribution in [0.3, 0.4) is 0 Å². The number of hydrogen-bond donors (Lipinski definition) is 1. The number of hydrogen-bond acceptors (Lipinski definition) is 3. The average Bonchev–Trinajstić information content (AvgIpc) is 2.39. The fourth-order valence-electron chi connectivity index (χ4n) is 1.64. The molecular formula is C14H22N2O2. The Morgan fingerprint density at radius 1 is 1.39 bits per heavy atom. The molecule has 0 unspecified atom stereocenters. The van der Waals surface area contributed by atoms with Crippen molar-refractivity contribution in [2.75, 3.05) is 20.2 Å². The maximum atomic E-state index is 11.8. The molecule has 2 N–H and O–H groups in total. The molecule has 0 spiro atoms. The fourth-order valence-corrected chi connectivity index (χ4v) is 1.64. The molecule has 4 heteroatoms. The first-order valence-corrected chi connectivity index (χ1v) is 6.33.